The van der Waals surface area contributed by atoms with Crippen LogP contribution in [0.3, 0.4) is 0 Å². The van der Waals surface area contributed by atoms with Crippen LogP contribution in [-0.2, 0) is 7.05 Å². The number of hydrogen-bond donors (Lipinski definition) is 0. The number of nitriles is 1. The van der Waals surface area contributed by atoms with Crippen LogP contribution in [0.5, 0.6) is 0 Å². The Morgan fingerprint density at radius 2 is 2.38 bits per heavy atom. The average molecular weight is 251 g/mol. The van der Waals surface area contributed by atoms with Crippen molar-refractivity contribution in [3.63, 3.8) is 0 Å². The van der Waals surface area contributed by atoms with Crippen molar-refractivity contribution in [2.75, 3.05) is 0 Å². The molecule has 0 bridgehead atoms. The number of halogens is 1. The SMILES string of the molecule is Cn1cc(Sc2nccc(C#N)c2Cl)cn1. The molecule has 0 unspecified atom stereocenters. The first-order chi connectivity index (χ1) is 7.70. The van der Waals surface area contributed by atoms with Crippen LogP contribution in [0.1, 0.15) is 5.56 Å². The Labute approximate surface area is 102 Å². The third-order valence-corrected chi connectivity index (χ3v) is 3.32. The minimum absolute atomic E-state index is 0.388. The molecule has 0 saturated carbocycles. The lowest BCUT2D eigenvalue weighted by Gasteiger charge is -2.01. The Bertz CT molecular complexity index is 558. The van der Waals surface area contributed by atoms with Gasteiger partial charge in [-0.05, 0) is 6.07 Å². The minimum atomic E-state index is 0.388. The molecule has 0 aliphatic heterocycles. The van der Waals surface area contributed by atoms with Crippen LogP contribution >= 0.6 is 23.4 Å². The summed E-state index contributed by atoms with van der Waals surface area (Å²) in [5, 5.41) is 13.9. The molecule has 4 nitrogen and oxygen atoms in total. The Kier molecular flexibility index (Phi) is 3.13. The molecule has 0 amide bonds. The van der Waals surface area contributed by atoms with Crippen molar-refractivity contribution in [1.82, 2.24) is 14.8 Å². The second-order valence-electron chi connectivity index (χ2n) is 3.04. The van der Waals surface area contributed by atoms with Gasteiger partial charge in [0.25, 0.3) is 0 Å². The van der Waals surface area contributed by atoms with Gasteiger partial charge >= 0.3 is 0 Å². The fraction of sp³-hybridized carbons (Fsp3) is 0.100. The molecule has 0 radical (unpaired) electrons. The maximum Gasteiger partial charge on any atom is 0.121 e. The molecule has 0 saturated heterocycles. The fourth-order valence-electron chi connectivity index (χ4n) is 1.15. The maximum atomic E-state index is 8.83. The number of aryl methyl sites for hydroxylation is 1. The molecule has 0 aliphatic carbocycles. The Morgan fingerprint density at radius 3 is 3.00 bits per heavy atom. The van der Waals surface area contributed by atoms with E-state index >= 15 is 0 Å². The lowest BCUT2D eigenvalue weighted by molar-refractivity contribution is 0.766. The van der Waals surface area contributed by atoms with Crippen molar-refractivity contribution in [3.8, 4) is 6.07 Å². The topological polar surface area (TPSA) is 54.5 Å². The van der Waals surface area contributed by atoms with Gasteiger partial charge in [0.05, 0.1) is 21.7 Å². The van der Waals surface area contributed by atoms with Crippen LogP contribution in [0.4, 0.5) is 0 Å². The van der Waals surface area contributed by atoms with Crippen molar-refractivity contribution in [3.05, 3.63) is 35.2 Å². The number of rotatable bonds is 2. The molecule has 0 fully saturated rings. The molecule has 2 heterocycles. The third kappa shape index (κ3) is 2.18. The van der Waals surface area contributed by atoms with Crippen molar-refractivity contribution >= 4 is 23.4 Å². The maximum absolute atomic E-state index is 8.83. The molecule has 2 aromatic heterocycles. The molecule has 0 spiro atoms. The van der Waals surface area contributed by atoms with Crippen LogP contribution in [0.25, 0.3) is 0 Å². The largest absolute Gasteiger partial charge is 0.275 e. The number of hydrogen-bond acceptors (Lipinski definition) is 4. The van der Waals surface area contributed by atoms with Gasteiger partial charge in [-0.25, -0.2) is 4.98 Å². The van der Waals surface area contributed by atoms with E-state index in [0.29, 0.717) is 15.6 Å². The van der Waals surface area contributed by atoms with E-state index in [2.05, 4.69) is 10.1 Å². The summed E-state index contributed by atoms with van der Waals surface area (Å²) in [5.41, 5.74) is 0.433. The molecular formula is C10H7ClN4S. The minimum Gasteiger partial charge on any atom is -0.275 e. The highest BCUT2D eigenvalue weighted by atomic mass is 35.5. The first-order valence-electron chi connectivity index (χ1n) is 4.42. The van der Waals surface area contributed by atoms with E-state index < -0.39 is 0 Å². The molecule has 16 heavy (non-hydrogen) atoms. The third-order valence-electron chi connectivity index (χ3n) is 1.87. The second kappa shape index (κ2) is 4.56. The van der Waals surface area contributed by atoms with E-state index in [1.54, 1.807) is 23.1 Å². The highest BCUT2D eigenvalue weighted by molar-refractivity contribution is 7.99. The van der Waals surface area contributed by atoms with Crippen molar-refractivity contribution < 1.29 is 0 Å². The van der Waals surface area contributed by atoms with Gasteiger partial charge in [-0.15, -0.1) is 0 Å². The number of aromatic nitrogens is 3. The Balaban J connectivity index is 2.32. The van der Waals surface area contributed by atoms with E-state index in [0.717, 1.165) is 4.90 Å². The highest BCUT2D eigenvalue weighted by Gasteiger charge is 2.09. The zero-order valence-corrected chi connectivity index (χ0v) is 9.96. The monoisotopic (exact) mass is 250 g/mol. The van der Waals surface area contributed by atoms with E-state index in [4.69, 9.17) is 16.9 Å². The highest BCUT2D eigenvalue weighted by Crippen LogP contribution is 2.32. The van der Waals surface area contributed by atoms with Crippen LogP contribution in [0.2, 0.25) is 5.02 Å². The molecule has 2 rings (SSSR count). The average Bonchev–Trinajstić information content (AvgIpc) is 2.67. The molecule has 80 valence electrons. The molecular weight excluding hydrogens is 244 g/mol. The van der Waals surface area contributed by atoms with Gasteiger partial charge in [0.1, 0.15) is 11.1 Å². The molecule has 0 aromatic carbocycles. The van der Waals surface area contributed by atoms with Gasteiger partial charge in [-0.3, -0.25) is 4.68 Å². The zero-order chi connectivity index (χ0) is 11.5. The smallest absolute Gasteiger partial charge is 0.121 e. The summed E-state index contributed by atoms with van der Waals surface area (Å²) in [7, 11) is 1.84. The number of pyridine rings is 1. The normalized spacial score (nSPS) is 10.1. The quantitative estimate of drug-likeness (QED) is 0.822. The lowest BCUT2D eigenvalue weighted by Crippen LogP contribution is -1.85. The van der Waals surface area contributed by atoms with Gasteiger partial charge in [-0.1, -0.05) is 23.4 Å². The summed E-state index contributed by atoms with van der Waals surface area (Å²) in [6.45, 7) is 0. The standard InChI is InChI=1S/C10H7ClN4S/c1-15-6-8(5-14-15)16-10-9(11)7(4-12)2-3-13-10/h2-3,5-6H,1H3. The van der Waals surface area contributed by atoms with Gasteiger partial charge in [0.15, 0.2) is 0 Å². The first kappa shape index (κ1) is 11.0. The van der Waals surface area contributed by atoms with E-state index in [1.165, 1.54) is 11.8 Å². The summed E-state index contributed by atoms with van der Waals surface area (Å²) in [6.07, 6.45) is 5.16. The first-order valence-corrected chi connectivity index (χ1v) is 5.61. The molecule has 2 aromatic rings. The summed E-state index contributed by atoms with van der Waals surface area (Å²) in [4.78, 5) is 5.07. The van der Waals surface area contributed by atoms with Crippen LogP contribution in [-0.4, -0.2) is 14.8 Å². The van der Waals surface area contributed by atoms with Gasteiger partial charge in [-0.2, -0.15) is 10.4 Å². The van der Waals surface area contributed by atoms with Gasteiger partial charge in [0.2, 0.25) is 0 Å². The molecule has 6 heteroatoms. The number of nitrogens with zero attached hydrogens (tertiary/aromatic N) is 4. The predicted octanol–water partition coefficient (Wildman–Crippen LogP) is 2.49. The van der Waals surface area contributed by atoms with E-state index in [9.17, 15) is 0 Å². The van der Waals surface area contributed by atoms with Crippen molar-refractivity contribution in [2.45, 2.75) is 9.92 Å². The summed E-state index contributed by atoms with van der Waals surface area (Å²) in [5.74, 6) is 0. The predicted molar refractivity (Wildman–Crippen MR) is 61.3 cm³/mol. The van der Waals surface area contributed by atoms with Gasteiger partial charge in [0, 0.05) is 19.4 Å². The van der Waals surface area contributed by atoms with Crippen LogP contribution < -0.4 is 0 Å². The molecule has 0 N–H and O–H groups in total. The molecule has 0 atom stereocenters. The zero-order valence-electron chi connectivity index (χ0n) is 8.38. The Morgan fingerprint density at radius 1 is 1.56 bits per heavy atom. The Hall–Kier alpha value is -1.51. The lowest BCUT2D eigenvalue weighted by atomic mass is 10.3. The van der Waals surface area contributed by atoms with Gasteiger partial charge < -0.3 is 0 Å². The second-order valence-corrected chi connectivity index (χ2v) is 4.48. The fourth-order valence-corrected chi connectivity index (χ4v) is 2.26. The van der Waals surface area contributed by atoms with E-state index in [-0.39, 0.29) is 0 Å². The van der Waals surface area contributed by atoms with Crippen LogP contribution in [0.15, 0.2) is 34.6 Å². The van der Waals surface area contributed by atoms with Crippen molar-refractivity contribution in [1.29, 1.82) is 5.26 Å². The summed E-state index contributed by atoms with van der Waals surface area (Å²) >= 11 is 7.42. The molecule has 0 aliphatic rings. The van der Waals surface area contributed by atoms with Crippen LogP contribution in [0, 0.1) is 11.3 Å². The van der Waals surface area contributed by atoms with Crippen molar-refractivity contribution in [2.24, 2.45) is 7.05 Å². The summed E-state index contributed by atoms with van der Waals surface area (Å²) in [6, 6.07) is 3.61. The van der Waals surface area contributed by atoms with E-state index in [1.807, 2.05) is 19.3 Å². The summed E-state index contributed by atoms with van der Waals surface area (Å²) < 4.78 is 1.70.